The number of amides is 5. The van der Waals surface area contributed by atoms with Gasteiger partial charge >= 0.3 is 0 Å². The molecule has 0 radical (unpaired) electrons. The molecule has 5 amide bonds. The predicted octanol–water partition coefficient (Wildman–Crippen LogP) is -1.02. The van der Waals surface area contributed by atoms with E-state index in [1.807, 2.05) is 0 Å². The molecular formula is C20H25N5O6. The van der Waals surface area contributed by atoms with Crippen LogP contribution in [0.2, 0.25) is 0 Å². The number of carbonyl (C=O) groups is 5. The van der Waals surface area contributed by atoms with Crippen LogP contribution >= 0.6 is 0 Å². The number of nitrogens with zero attached hydrogens (tertiary/aromatic N) is 1. The molecule has 166 valence electrons. The van der Waals surface area contributed by atoms with Crippen LogP contribution in [0.1, 0.15) is 40.0 Å². The van der Waals surface area contributed by atoms with Crippen LogP contribution < -0.4 is 21.7 Å². The van der Waals surface area contributed by atoms with E-state index in [4.69, 9.17) is 10.5 Å². The number of nitrogens with two attached hydrogens (primary N) is 1. The van der Waals surface area contributed by atoms with E-state index in [0.717, 1.165) is 4.90 Å². The maximum Gasteiger partial charge on any atom is 0.264 e. The molecule has 2 aliphatic heterocycles. The normalized spacial score (nSPS) is 18.1. The molecule has 0 aromatic heterocycles. The van der Waals surface area contributed by atoms with Crippen LogP contribution in [0.5, 0.6) is 0 Å². The van der Waals surface area contributed by atoms with Crippen molar-refractivity contribution in [2.24, 2.45) is 5.73 Å². The zero-order valence-electron chi connectivity index (χ0n) is 16.9. The maximum atomic E-state index is 13.0. The van der Waals surface area contributed by atoms with Gasteiger partial charge in [-0.3, -0.25) is 34.2 Å². The number of piperidine rings is 1. The van der Waals surface area contributed by atoms with Gasteiger partial charge in [0.25, 0.3) is 11.8 Å². The fraction of sp³-hybridized carbons (Fsp3) is 0.450. The number of nitrogens with one attached hydrogen (secondary N) is 3. The van der Waals surface area contributed by atoms with Gasteiger partial charge < -0.3 is 21.1 Å². The van der Waals surface area contributed by atoms with Crippen molar-refractivity contribution in [2.75, 3.05) is 38.2 Å². The van der Waals surface area contributed by atoms with Crippen LogP contribution in [0, 0.1) is 0 Å². The molecule has 0 aliphatic carbocycles. The lowest BCUT2D eigenvalue weighted by atomic mass is 10.0. The molecule has 2 heterocycles. The Balaban J connectivity index is 1.55. The van der Waals surface area contributed by atoms with Crippen LogP contribution in [0.4, 0.5) is 5.69 Å². The first-order valence-corrected chi connectivity index (χ1v) is 10.1. The SMILES string of the molecule is NCCC(=O)NCCOCCNc1cccc2c1C(=O)N(C1CCC(=O)NC1=O)C2=O. The van der Waals surface area contributed by atoms with Gasteiger partial charge in [0.05, 0.1) is 24.3 Å². The van der Waals surface area contributed by atoms with Crippen molar-refractivity contribution in [2.45, 2.75) is 25.3 Å². The molecular weight excluding hydrogens is 406 g/mol. The largest absolute Gasteiger partial charge is 0.382 e. The number of fused-ring (bicyclic) bond motifs is 1. The highest BCUT2D eigenvalue weighted by Gasteiger charge is 2.45. The monoisotopic (exact) mass is 431 g/mol. The lowest BCUT2D eigenvalue weighted by Gasteiger charge is -2.27. The average molecular weight is 431 g/mol. The predicted molar refractivity (Wildman–Crippen MR) is 109 cm³/mol. The molecule has 11 nitrogen and oxygen atoms in total. The molecule has 0 saturated carbocycles. The Morgan fingerprint density at radius 2 is 1.94 bits per heavy atom. The first-order chi connectivity index (χ1) is 14.9. The molecule has 1 fully saturated rings. The first kappa shape index (κ1) is 22.4. The molecule has 3 rings (SSSR count). The van der Waals surface area contributed by atoms with Crippen LogP contribution in [0.15, 0.2) is 18.2 Å². The molecule has 31 heavy (non-hydrogen) atoms. The highest BCUT2D eigenvalue weighted by atomic mass is 16.5. The second-order valence-corrected chi connectivity index (χ2v) is 7.10. The summed E-state index contributed by atoms with van der Waals surface area (Å²) in [5.74, 6) is -2.32. The second kappa shape index (κ2) is 10.1. The third kappa shape index (κ3) is 5.06. The Labute approximate surface area is 178 Å². The molecule has 5 N–H and O–H groups in total. The van der Waals surface area contributed by atoms with E-state index in [9.17, 15) is 24.0 Å². The minimum absolute atomic E-state index is 0.0684. The van der Waals surface area contributed by atoms with E-state index < -0.39 is 29.7 Å². The standard InChI is InChI=1S/C20H25N5O6/c21-7-6-15(26)23-9-11-31-10-8-22-13-3-1-2-12-17(13)20(30)25(19(12)29)14-4-5-16(27)24-18(14)28/h1-3,14,22H,4-11,21H2,(H,23,26)(H,24,27,28). The fourth-order valence-corrected chi connectivity index (χ4v) is 3.50. The van der Waals surface area contributed by atoms with Crippen LogP contribution in [-0.2, 0) is 19.1 Å². The van der Waals surface area contributed by atoms with E-state index in [2.05, 4.69) is 16.0 Å². The van der Waals surface area contributed by atoms with Gasteiger partial charge in [-0.2, -0.15) is 0 Å². The Bertz CT molecular complexity index is 902. The van der Waals surface area contributed by atoms with E-state index >= 15 is 0 Å². The van der Waals surface area contributed by atoms with E-state index in [1.165, 1.54) is 6.07 Å². The summed E-state index contributed by atoms with van der Waals surface area (Å²) in [6.07, 6.45) is 0.441. The number of anilines is 1. The van der Waals surface area contributed by atoms with Crippen molar-refractivity contribution < 1.29 is 28.7 Å². The van der Waals surface area contributed by atoms with Gasteiger partial charge in [0.1, 0.15) is 6.04 Å². The lowest BCUT2D eigenvalue weighted by Crippen LogP contribution is -2.54. The Morgan fingerprint density at radius 1 is 1.16 bits per heavy atom. The third-order valence-electron chi connectivity index (χ3n) is 4.97. The quantitative estimate of drug-likeness (QED) is 0.271. The van der Waals surface area contributed by atoms with Gasteiger partial charge in [-0.15, -0.1) is 0 Å². The summed E-state index contributed by atoms with van der Waals surface area (Å²) in [6.45, 7) is 1.67. The zero-order chi connectivity index (χ0) is 22.4. The topological polar surface area (TPSA) is 160 Å². The van der Waals surface area contributed by atoms with Crippen LogP contribution in [0.25, 0.3) is 0 Å². The van der Waals surface area contributed by atoms with Crippen molar-refractivity contribution in [1.29, 1.82) is 0 Å². The molecule has 1 atom stereocenters. The van der Waals surface area contributed by atoms with Gasteiger partial charge in [0, 0.05) is 38.2 Å². The molecule has 1 saturated heterocycles. The number of hydrogen-bond donors (Lipinski definition) is 4. The molecule has 0 spiro atoms. The molecule has 1 unspecified atom stereocenters. The van der Waals surface area contributed by atoms with Gasteiger partial charge in [-0.05, 0) is 18.6 Å². The maximum absolute atomic E-state index is 13.0. The van der Waals surface area contributed by atoms with Gasteiger partial charge in [-0.25, -0.2) is 0 Å². The minimum atomic E-state index is -1.00. The lowest BCUT2D eigenvalue weighted by molar-refractivity contribution is -0.136. The van der Waals surface area contributed by atoms with Gasteiger partial charge in [0.2, 0.25) is 17.7 Å². The Morgan fingerprint density at radius 3 is 2.68 bits per heavy atom. The Kier molecular flexibility index (Phi) is 7.32. The summed E-state index contributed by atoms with van der Waals surface area (Å²) in [5, 5.41) is 7.92. The summed E-state index contributed by atoms with van der Waals surface area (Å²) in [7, 11) is 0. The van der Waals surface area contributed by atoms with E-state index in [1.54, 1.807) is 12.1 Å². The molecule has 1 aromatic carbocycles. The number of ether oxygens (including phenoxy) is 1. The number of benzene rings is 1. The summed E-state index contributed by atoms with van der Waals surface area (Å²) < 4.78 is 5.44. The van der Waals surface area contributed by atoms with Gasteiger partial charge in [0.15, 0.2) is 0 Å². The van der Waals surface area contributed by atoms with Crippen LogP contribution in [0.3, 0.4) is 0 Å². The Hall–Kier alpha value is -3.31. The summed E-state index contributed by atoms with van der Waals surface area (Å²) in [6, 6.07) is 3.85. The molecule has 11 heteroatoms. The summed E-state index contributed by atoms with van der Waals surface area (Å²) in [5.41, 5.74) is 6.17. The fourth-order valence-electron chi connectivity index (χ4n) is 3.50. The van der Waals surface area contributed by atoms with E-state index in [-0.39, 0.29) is 36.3 Å². The second-order valence-electron chi connectivity index (χ2n) is 7.10. The average Bonchev–Trinajstić information content (AvgIpc) is 2.99. The zero-order valence-corrected chi connectivity index (χ0v) is 16.9. The number of rotatable bonds is 10. The van der Waals surface area contributed by atoms with Crippen molar-refractivity contribution in [3.05, 3.63) is 29.3 Å². The minimum Gasteiger partial charge on any atom is -0.382 e. The van der Waals surface area contributed by atoms with Crippen molar-refractivity contribution in [1.82, 2.24) is 15.5 Å². The highest BCUT2D eigenvalue weighted by Crippen LogP contribution is 2.32. The van der Waals surface area contributed by atoms with Crippen molar-refractivity contribution >= 4 is 35.2 Å². The van der Waals surface area contributed by atoms with Crippen molar-refractivity contribution in [3.63, 3.8) is 0 Å². The number of imide groups is 2. The number of carbonyl (C=O) groups excluding carboxylic acids is 5. The van der Waals surface area contributed by atoms with Crippen LogP contribution in [-0.4, -0.2) is 73.3 Å². The third-order valence-corrected chi connectivity index (χ3v) is 4.97. The summed E-state index contributed by atoms with van der Waals surface area (Å²) >= 11 is 0. The molecule has 2 aliphatic rings. The first-order valence-electron chi connectivity index (χ1n) is 10.1. The highest BCUT2D eigenvalue weighted by molar-refractivity contribution is 6.25. The summed E-state index contributed by atoms with van der Waals surface area (Å²) in [4.78, 5) is 61.5. The number of hydrogen-bond acceptors (Lipinski definition) is 8. The van der Waals surface area contributed by atoms with Gasteiger partial charge in [-0.1, -0.05) is 6.07 Å². The van der Waals surface area contributed by atoms with E-state index in [0.29, 0.717) is 38.5 Å². The molecule has 0 bridgehead atoms. The molecule has 1 aromatic rings. The smallest absolute Gasteiger partial charge is 0.264 e. The van der Waals surface area contributed by atoms with Crippen molar-refractivity contribution in [3.8, 4) is 0 Å².